The minimum Gasteiger partial charge on any atom is -0.497 e. The molecule has 2 aromatic carbocycles. The average molecular weight is 388 g/mol. The van der Waals surface area contributed by atoms with Crippen molar-refractivity contribution in [2.24, 2.45) is 0 Å². The Morgan fingerprint density at radius 2 is 1.96 bits per heavy atom. The lowest BCUT2D eigenvalue weighted by atomic mass is 10.1. The van der Waals surface area contributed by atoms with Crippen LogP contribution in [-0.2, 0) is 11.2 Å². The summed E-state index contributed by atoms with van der Waals surface area (Å²) in [5.74, 6) is 0.0566. The number of aromatic nitrogens is 1. The molecule has 0 aliphatic carbocycles. The lowest BCUT2D eigenvalue weighted by molar-refractivity contribution is -0.116. The third kappa shape index (κ3) is 4.46. The second-order valence-corrected chi connectivity index (χ2v) is 5.86. The van der Waals surface area contributed by atoms with Crippen molar-refractivity contribution in [3.8, 4) is 22.8 Å². The second-order valence-electron chi connectivity index (χ2n) is 5.86. The van der Waals surface area contributed by atoms with Gasteiger partial charge >= 0.3 is 0 Å². The van der Waals surface area contributed by atoms with Crippen LogP contribution >= 0.6 is 0 Å². The summed E-state index contributed by atoms with van der Waals surface area (Å²) in [7, 11) is 3.10. The minimum absolute atomic E-state index is 0.0243. The van der Waals surface area contributed by atoms with Gasteiger partial charge in [-0.15, -0.1) is 0 Å². The molecule has 0 aliphatic rings. The topological polar surface area (TPSA) is 73.6 Å². The van der Waals surface area contributed by atoms with Gasteiger partial charge in [0.05, 0.1) is 31.7 Å². The van der Waals surface area contributed by atoms with Gasteiger partial charge in [0.2, 0.25) is 5.91 Å². The zero-order valence-electron chi connectivity index (χ0n) is 15.3. The zero-order valence-corrected chi connectivity index (χ0v) is 15.3. The van der Waals surface area contributed by atoms with E-state index in [9.17, 15) is 13.6 Å². The second kappa shape index (κ2) is 8.51. The average Bonchev–Trinajstić information content (AvgIpc) is 3.17. The SMILES string of the molecule is COc1ccc(-c2cnc(CCC(=O)Nc3ccc(F)cc3F)o2)c(OC)c1. The number of amides is 1. The molecule has 1 N–H and O–H groups in total. The number of hydrogen-bond acceptors (Lipinski definition) is 5. The van der Waals surface area contributed by atoms with Gasteiger partial charge in [0.1, 0.15) is 23.1 Å². The van der Waals surface area contributed by atoms with E-state index in [1.54, 1.807) is 25.3 Å². The molecule has 0 fully saturated rings. The van der Waals surface area contributed by atoms with Crippen LogP contribution in [0.3, 0.4) is 0 Å². The van der Waals surface area contributed by atoms with Crippen LogP contribution < -0.4 is 14.8 Å². The van der Waals surface area contributed by atoms with Gasteiger partial charge < -0.3 is 19.2 Å². The van der Waals surface area contributed by atoms with E-state index in [2.05, 4.69) is 10.3 Å². The molecule has 1 amide bonds. The number of nitrogens with zero attached hydrogens (tertiary/aromatic N) is 1. The van der Waals surface area contributed by atoms with Gasteiger partial charge in [-0.2, -0.15) is 0 Å². The maximum atomic E-state index is 13.6. The third-order valence-electron chi connectivity index (χ3n) is 4.00. The van der Waals surface area contributed by atoms with Crippen molar-refractivity contribution in [3.05, 3.63) is 60.1 Å². The van der Waals surface area contributed by atoms with E-state index in [0.29, 0.717) is 34.8 Å². The lowest BCUT2D eigenvalue weighted by Crippen LogP contribution is -2.13. The molecule has 0 bridgehead atoms. The van der Waals surface area contributed by atoms with Crippen molar-refractivity contribution in [2.45, 2.75) is 12.8 Å². The Balaban J connectivity index is 1.64. The highest BCUT2D eigenvalue weighted by Crippen LogP contribution is 2.33. The summed E-state index contributed by atoms with van der Waals surface area (Å²) in [4.78, 5) is 16.2. The molecule has 6 nitrogen and oxygen atoms in total. The quantitative estimate of drug-likeness (QED) is 0.656. The molecule has 0 saturated heterocycles. The maximum Gasteiger partial charge on any atom is 0.224 e. The summed E-state index contributed by atoms with van der Waals surface area (Å²) < 4.78 is 42.7. The zero-order chi connectivity index (χ0) is 20.1. The van der Waals surface area contributed by atoms with Crippen LogP contribution in [0.25, 0.3) is 11.3 Å². The predicted octanol–water partition coefficient (Wildman–Crippen LogP) is 4.21. The van der Waals surface area contributed by atoms with Gasteiger partial charge in [-0.1, -0.05) is 0 Å². The highest BCUT2D eigenvalue weighted by molar-refractivity contribution is 5.90. The van der Waals surface area contributed by atoms with Gasteiger partial charge in [-0.05, 0) is 24.3 Å². The molecule has 0 radical (unpaired) electrons. The monoisotopic (exact) mass is 388 g/mol. The number of halogens is 2. The number of methoxy groups -OCH3 is 2. The van der Waals surface area contributed by atoms with Crippen molar-refractivity contribution in [3.63, 3.8) is 0 Å². The number of anilines is 1. The Morgan fingerprint density at radius 3 is 2.68 bits per heavy atom. The van der Waals surface area contributed by atoms with Crippen molar-refractivity contribution < 1.29 is 27.5 Å². The molecule has 1 heterocycles. The summed E-state index contributed by atoms with van der Waals surface area (Å²) >= 11 is 0. The van der Waals surface area contributed by atoms with Crippen molar-refractivity contribution in [1.82, 2.24) is 4.98 Å². The normalized spacial score (nSPS) is 10.6. The van der Waals surface area contributed by atoms with Crippen LogP contribution in [0.4, 0.5) is 14.5 Å². The Kier molecular flexibility index (Phi) is 5.88. The summed E-state index contributed by atoms with van der Waals surface area (Å²) in [6.45, 7) is 0. The fourth-order valence-electron chi connectivity index (χ4n) is 2.58. The smallest absolute Gasteiger partial charge is 0.224 e. The molecule has 0 spiro atoms. The van der Waals surface area contributed by atoms with Crippen molar-refractivity contribution in [1.29, 1.82) is 0 Å². The molecule has 0 saturated carbocycles. The van der Waals surface area contributed by atoms with E-state index in [1.807, 2.05) is 0 Å². The summed E-state index contributed by atoms with van der Waals surface area (Å²) in [5, 5.41) is 2.39. The number of rotatable bonds is 7. The molecular formula is C20H18F2N2O4. The third-order valence-corrected chi connectivity index (χ3v) is 4.00. The summed E-state index contributed by atoms with van der Waals surface area (Å²) in [6.07, 6.45) is 1.78. The lowest BCUT2D eigenvalue weighted by Gasteiger charge is -2.08. The molecule has 3 aromatic rings. The predicted molar refractivity (Wildman–Crippen MR) is 98.4 cm³/mol. The van der Waals surface area contributed by atoms with E-state index < -0.39 is 17.5 Å². The highest BCUT2D eigenvalue weighted by atomic mass is 19.1. The first-order chi connectivity index (χ1) is 13.5. The van der Waals surface area contributed by atoms with E-state index in [0.717, 1.165) is 6.07 Å². The molecular weight excluding hydrogens is 370 g/mol. The molecule has 28 heavy (non-hydrogen) atoms. The number of carbonyl (C=O) groups is 1. The van der Waals surface area contributed by atoms with Crippen LogP contribution in [0.15, 0.2) is 47.0 Å². The number of carbonyl (C=O) groups excluding carboxylic acids is 1. The Morgan fingerprint density at radius 1 is 1.14 bits per heavy atom. The number of benzene rings is 2. The molecule has 8 heteroatoms. The van der Waals surface area contributed by atoms with Crippen LogP contribution in [0.2, 0.25) is 0 Å². The first-order valence-electron chi connectivity index (χ1n) is 8.42. The molecule has 0 aliphatic heterocycles. The first-order valence-corrected chi connectivity index (χ1v) is 8.42. The number of nitrogens with one attached hydrogen (secondary N) is 1. The molecule has 1 aromatic heterocycles. The van der Waals surface area contributed by atoms with E-state index >= 15 is 0 Å². The van der Waals surface area contributed by atoms with Crippen LogP contribution in [0.5, 0.6) is 11.5 Å². The van der Waals surface area contributed by atoms with Crippen LogP contribution in [0, 0.1) is 11.6 Å². The van der Waals surface area contributed by atoms with Crippen LogP contribution in [0.1, 0.15) is 12.3 Å². The van der Waals surface area contributed by atoms with Gasteiger partial charge in [0.25, 0.3) is 0 Å². The fraction of sp³-hybridized carbons (Fsp3) is 0.200. The van der Waals surface area contributed by atoms with E-state index in [1.165, 1.54) is 19.4 Å². The number of oxazole rings is 1. The van der Waals surface area contributed by atoms with Gasteiger partial charge in [-0.25, -0.2) is 13.8 Å². The van der Waals surface area contributed by atoms with Crippen molar-refractivity contribution in [2.75, 3.05) is 19.5 Å². The van der Waals surface area contributed by atoms with Gasteiger partial charge in [-0.3, -0.25) is 4.79 Å². The van der Waals surface area contributed by atoms with Crippen LogP contribution in [-0.4, -0.2) is 25.1 Å². The van der Waals surface area contributed by atoms with E-state index in [-0.39, 0.29) is 18.5 Å². The number of ether oxygens (including phenoxy) is 2. The first kappa shape index (κ1) is 19.3. The molecule has 0 unspecified atom stereocenters. The molecule has 3 rings (SSSR count). The minimum atomic E-state index is -0.835. The summed E-state index contributed by atoms with van der Waals surface area (Å²) in [6, 6.07) is 8.22. The highest BCUT2D eigenvalue weighted by Gasteiger charge is 2.14. The number of hydrogen-bond donors (Lipinski definition) is 1. The van der Waals surface area contributed by atoms with Gasteiger partial charge in [0.15, 0.2) is 11.7 Å². The van der Waals surface area contributed by atoms with Crippen molar-refractivity contribution >= 4 is 11.6 Å². The Bertz CT molecular complexity index is 988. The fourth-order valence-corrected chi connectivity index (χ4v) is 2.58. The number of aryl methyl sites for hydroxylation is 1. The Labute approximate surface area is 160 Å². The largest absolute Gasteiger partial charge is 0.497 e. The molecule has 0 atom stereocenters. The summed E-state index contributed by atoms with van der Waals surface area (Å²) in [5.41, 5.74) is 0.613. The molecule has 146 valence electrons. The maximum absolute atomic E-state index is 13.6. The standard InChI is InChI=1S/C20H18F2N2O4/c1-26-13-4-5-14(17(10-13)27-2)18-11-23-20(28-18)8-7-19(25)24-16-6-3-12(21)9-15(16)22/h3-6,9-11H,7-8H2,1-2H3,(H,24,25). The Hall–Kier alpha value is -3.42. The van der Waals surface area contributed by atoms with E-state index in [4.69, 9.17) is 13.9 Å². The van der Waals surface area contributed by atoms with Gasteiger partial charge in [0, 0.05) is 25.0 Å².